The second-order valence-electron chi connectivity index (χ2n) is 6.63. The Bertz CT molecular complexity index is 807. The molecule has 1 saturated heterocycles. The molecule has 1 aliphatic heterocycles. The van der Waals surface area contributed by atoms with Gasteiger partial charge in [0.2, 0.25) is 11.8 Å². The minimum Gasteiger partial charge on any atom is -0.356 e. The number of amides is 2. The lowest BCUT2D eigenvalue weighted by Gasteiger charge is -2.22. The van der Waals surface area contributed by atoms with Gasteiger partial charge >= 0.3 is 0 Å². The Kier molecular flexibility index (Phi) is 11.1. The number of carbonyl (C=O) groups excluding carboxylic acids is 2. The zero-order valence-electron chi connectivity index (χ0n) is 18.0. The molecule has 2 rings (SSSR count). The summed E-state index contributed by atoms with van der Waals surface area (Å²) in [5.74, 6) is -2.88. The van der Waals surface area contributed by atoms with E-state index in [-0.39, 0.29) is 17.5 Å². The largest absolute Gasteiger partial charge is 0.356 e. The van der Waals surface area contributed by atoms with Crippen LogP contribution in [0, 0.1) is 18.8 Å². The van der Waals surface area contributed by atoms with E-state index in [0.717, 1.165) is 5.56 Å². The highest BCUT2D eigenvalue weighted by molar-refractivity contribution is 6.30. The molecule has 1 aromatic carbocycles. The number of hydrogen-bond donors (Lipinski definition) is 3. The van der Waals surface area contributed by atoms with Gasteiger partial charge in [0.05, 0.1) is 12.0 Å². The first-order valence-corrected chi connectivity index (χ1v) is 10.5. The number of carbonyl (C=O) groups is 2. The Morgan fingerprint density at radius 1 is 1.33 bits per heavy atom. The standard InChI is InChI=1S/C21H25ClFN3O2.C2H6/c1-4-24-20(27)16-12-25-19(18(16)17(23)10-6-8-14(3)22)21(28)26-15-9-5-7-13(2)11-15;1-2/h5-11,16,18-19,25H,3-4,12H2,1-2H3,(H,24,27)(H,26,28);1-2H3/b8-6-,17-10-;/t16-,18?,19?;/m1./s1. The van der Waals surface area contributed by atoms with Crippen molar-refractivity contribution in [3.8, 4) is 0 Å². The average Bonchev–Trinajstić information content (AvgIpc) is 3.15. The van der Waals surface area contributed by atoms with Crippen LogP contribution in [0.2, 0.25) is 0 Å². The van der Waals surface area contributed by atoms with Crippen LogP contribution in [-0.4, -0.2) is 30.9 Å². The third-order valence-electron chi connectivity index (χ3n) is 4.46. The maximum atomic E-state index is 15.0. The SMILES string of the molecule is C=C(Cl)/C=C\C=C(/F)C1C(C(=O)Nc2cccc(C)c2)NC[C@H]1C(=O)NCC.CC. The van der Waals surface area contributed by atoms with Crippen molar-refractivity contribution < 1.29 is 14.0 Å². The van der Waals surface area contributed by atoms with Crippen LogP contribution in [0.15, 0.2) is 59.9 Å². The first-order valence-electron chi connectivity index (χ1n) is 10.1. The number of anilines is 1. The first-order chi connectivity index (χ1) is 14.3. The molecule has 5 nitrogen and oxygen atoms in total. The van der Waals surface area contributed by atoms with Gasteiger partial charge in [-0.1, -0.05) is 50.2 Å². The van der Waals surface area contributed by atoms with Crippen molar-refractivity contribution in [1.82, 2.24) is 10.6 Å². The molecule has 2 unspecified atom stereocenters. The van der Waals surface area contributed by atoms with Crippen molar-refractivity contribution >= 4 is 29.1 Å². The summed E-state index contributed by atoms with van der Waals surface area (Å²) in [6, 6.07) is 6.45. The van der Waals surface area contributed by atoms with E-state index >= 15 is 0 Å². The second kappa shape index (κ2) is 13.0. The van der Waals surface area contributed by atoms with Gasteiger partial charge in [-0.05, 0) is 43.7 Å². The summed E-state index contributed by atoms with van der Waals surface area (Å²) in [4.78, 5) is 25.2. The molecule has 1 fully saturated rings. The van der Waals surface area contributed by atoms with Crippen molar-refractivity contribution in [3.63, 3.8) is 0 Å². The van der Waals surface area contributed by atoms with Crippen molar-refractivity contribution in [2.24, 2.45) is 11.8 Å². The highest BCUT2D eigenvalue weighted by atomic mass is 35.5. The minimum atomic E-state index is -0.926. The molecule has 0 bridgehead atoms. The van der Waals surface area contributed by atoms with Crippen molar-refractivity contribution in [1.29, 1.82) is 0 Å². The van der Waals surface area contributed by atoms with Crippen LogP contribution in [0.5, 0.6) is 0 Å². The van der Waals surface area contributed by atoms with E-state index in [0.29, 0.717) is 12.2 Å². The van der Waals surface area contributed by atoms with Gasteiger partial charge in [-0.15, -0.1) is 0 Å². The summed E-state index contributed by atoms with van der Waals surface area (Å²) in [6.45, 7) is 11.8. The molecule has 164 valence electrons. The summed E-state index contributed by atoms with van der Waals surface area (Å²) >= 11 is 5.65. The Morgan fingerprint density at radius 2 is 2.03 bits per heavy atom. The number of hydrogen-bond acceptors (Lipinski definition) is 3. The first kappa shape index (κ1) is 25.6. The van der Waals surface area contributed by atoms with Gasteiger partial charge in [0.15, 0.2) is 0 Å². The fourth-order valence-corrected chi connectivity index (χ4v) is 3.28. The fraction of sp³-hybridized carbons (Fsp3) is 0.391. The smallest absolute Gasteiger partial charge is 0.242 e. The zero-order valence-corrected chi connectivity index (χ0v) is 18.7. The second-order valence-corrected chi connectivity index (χ2v) is 7.11. The molecule has 3 atom stereocenters. The summed E-state index contributed by atoms with van der Waals surface area (Å²) in [5, 5.41) is 8.74. The number of nitrogens with one attached hydrogen (secondary N) is 3. The molecular formula is C23H31ClFN3O2. The molecule has 0 saturated carbocycles. The van der Waals surface area contributed by atoms with E-state index in [1.54, 1.807) is 13.0 Å². The predicted octanol–water partition coefficient (Wildman–Crippen LogP) is 4.46. The monoisotopic (exact) mass is 435 g/mol. The molecule has 0 aromatic heterocycles. The van der Waals surface area contributed by atoms with E-state index in [1.165, 1.54) is 18.2 Å². The van der Waals surface area contributed by atoms with Crippen LogP contribution in [-0.2, 0) is 9.59 Å². The van der Waals surface area contributed by atoms with Crippen LogP contribution in [0.25, 0.3) is 0 Å². The van der Waals surface area contributed by atoms with Gasteiger partial charge in [-0.3, -0.25) is 9.59 Å². The highest BCUT2D eigenvalue weighted by Crippen LogP contribution is 2.32. The summed E-state index contributed by atoms with van der Waals surface area (Å²) in [5.41, 5.74) is 1.61. The molecular weight excluding hydrogens is 405 g/mol. The van der Waals surface area contributed by atoms with Gasteiger partial charge in [-0.2, -0.15) is 0 Å². The molecule has 0 radical (unpaired) electrons. The van der Waals surface area contributed by atoms with E-state index in [1.807, 2.05) is 39.0 Å². The van der Waals surface area contributed by atoms with Crippen LogP contribution >= 0.6 is 11.6 Å². The number of halogens is 2. The van der Waals surface area contributed by atoms with Crippen LogP contribution in [0.4, 0.5) is 10.1 Å². The van der Waals surface area contributed by atoms with Crippen LogP contribution < -0.4 is 16.0 Å². The Labute approximate surface area is 183 Å². The number of aryl methyl sites for hydroxylation is 1. The van der Waals surface area contributed by atoms with Crippen LogP contribution in [0.1, 0.15) is 26.3 Å². The predicted molar refractivity (Wildman–Crippen MR) is 122 cm³/mol. The molecule has 1 aromatic rings. The van der Waals surface area contributed by atoms with Gasteiger partial charge in [0.1, 0.15) is 5.83 Å². The molecule has 1 heterocycles. The van der Waals surface area contributed by atoms with E-state index in [2.05, 4.69) is 22.5 Å². The summed E-state index contributed by atoms with van der Waals surface area (Å²) in [6.07, 6.45) is 4.06. The van der Waals surface area contributed by atoms with E-state index in [4.69, 9.17) is 11.6 Å². The number of allylic oxidation sites excluding steroid dienone is 4. The van der Waals surface area contributed by atoms with Crippen molar-refractivity contribution in [3.05, 3.63) is 65.5 Å². The Morgan fingerprint density at radius 3 is 2.63 bits per heavy atom. The van der Waals surface area contributed by atoms with E-state index < -0.39 is 29.6 Å². The van der Waals surface area contributed by atoms with Gasteiger partial charge in [0.25, 0.3) is 0 Å². The molecule has 0 aliphatic carbocycles. The van der Waals surface area contributed by atoms with Gasteiger partial charge in [-0.25, -0.2) is 4.39 Å². The van der Waals surface area contributed by atoms with E-state index in [9.17, 15) is 14.0 Å². The lowest BCUT2D eigenvalue weighted by Crippen LogP contribution is -2.42. The van der Waals surface area contributed by atoms with Crippen molar-refractivity contribution in [2.45, 2.75) is 33.7 Å². The third-order valence-corrected chi connectivity index (χ3v) is 4.58. The molecule has 30 heavy (non-hydrogen) atoms. The average molecular weight is 436 g/mol. The lowest BCUT2D eigenvalue weighted by atomic mass is 9.87. The quantitative estimate of drug-likeness (QED) is 0.553. The topological polar surface area (TPSA) is 70.2 Å². The molecule has 2 amide bonds. The summed E-state index contributed by atoms with van der Waals surface area (Å²) in [7, 11) is 0. The minimum absolute atomic E-state index is 0.204. The molecule has 1 aliphatic rings. The van der Waals surface area contributed by atoms with Crippen LogP contribution in [0.3, 0.4) is 0 Å². The molecule has 0 spiro atoms. The molecule has 7 heteroatoms. The van der Waals surface area contributed by atoms with Crippen molar-refractivity contribution in [2.75, 3.05) is 18.4 Å². The molecule has 3 N–H and O–H groups in total. The normalized spacial score (nSPS) is 21.0. The van der Waals surface area contributed by atoms with Gasteiger partial charge in [0, 0.05) is 29.7 Å². The maximum absolute atomic E-state index is 15.0. The Balaban J connectivity index is 0.00000218. The van der Waals surface area contributed by atoms with Gasteiger partial charge < -0.3 is 16.0 Å². The summed E-state index contributed by atoms with van der Waals surface area (Å²) < 4.78 is 15.0. The number of benzene rings is 1. The fourth-order valence-electron chi connectivity index (χ4n) is 3.21. The third kappa shape index (κ3) is 7.43. The lowest BCUT2D eigenvalue weighted by molar-refractivity contribution is -0.125. The number of rotatable bonds is 7. The Hall–Kier alpha value is -2.44. The maximum Gasteiger partial charge on any atom is 0.242 e. The zero-order chi connectivity index (χ0) is 22.7. The highest BCUT2D eigenvalue weighted by Gasteiger charge is 2.45.